The summed E-state index contributed by atoms with van der Waals surface area (Å²) in [5.74, 6) is -0.971. The zero-order chi connectivity index (χ0) is 17.8. The van der Waals surface area contributed by atoms with Gasteiger partial charge in [0.05, 0.1) is 20.6 Å². The highest BCUT2D eigenvalue weighted by Crippen LogP contribution is 2.21. The molecule has 0 spiro atoms. The van der Waals surface area contributed by atoms with Crippen LogP contribution in [0.4, 0.5) is 0 Å². The molecule has 0 aliphatic heterocycles. The smallest absolute Gasteiger partial charge is 0.133 e. The molecule has 23 heavy (non-hydrogen) atoms. The molecule has 0 radical (unpaired) electrons. The minimum Gasteiger partial charge on any atom is -0.544 e. The number of carboxylic acid groups (broad SMARTS) is 1. The number of aliphatic hydroxyl groups excluding tert-OH is 1. The van der Waals surface area contributed by atoms with E-state index in [0.717, 1.165) is 25.8 Å². The maximum absolute atomic E-state index is 11.2. The summed E-state index contributed by atoms with van der Waals surface area (Å²) in [6.07, 6.45) is 13.4. The Morgan fingerprint density at radius 3 is 1.52 bits per heavy atom. The van der Waals surface area contributed by atoms with E-state index in [-0.39, 0.29) is 0 Å². The third kappa shape index (κ3) is 9.31. The fourth-order valence-electron chi connectivity index (χ4n) is 2.74. The summed E-state index contributed by atoms with van der Waals surface area (Å²) in [7, 11) is 3.96. The fourth-order valence-corrected chi connectivity index (χ4v) is 2.74. The number of carboxylic acids is 1. The van der Waals surface area contributed by atoms with Gasteiger partial charge in [-0.2, -0.15) is 0 Å². The summed E-state index contributed by atoms with van der Waals surface area (Å²) < 4.78 is 0.475. The summed E-state index contributed by atoms with van der Waals surface area (Å²) in [4.78, 5) is 11.2. The van der Waals surface area contributed by atoms with Crippen LogP contribution in [0.2, 0.25) is 0 Å². The third-order valence-corrected chi connectivity index (χ3v) is 5.39. The van der Waals surface area contributed by atoms with Crippen molar-refractivity contribution in [3.63, 3.8) is 0 Å². The van der Waals surface area contributed by atoms with E-state index >= 15 is 0 Å². The molecule has 0 aliphatic rings. The molecule has 0 bridgehead atoms. The van der Waals surface area contributed by atoms with E-state index in [1.807, 2.05) is 14.1 Å². The molecular weight excluding hydrogens is 290 g/mol. The van der Waals surface area contributed by atoms with Crippen molar-refractivity contribution in [3.05, 3.63) is 0 Å². The lowest BCUT2D eigenvalue weighted by atomic mass is 9.99. The molecule has 0 fully saturated rings. The Morgan fingerprint density at radius 1 is 0.826 bits per heavy atom. The molecule has 4 nitrogen and oxygen atoms in total. The molecule has 0 rings (SSSR count). The van der Waals surface area contributed by atoms with Crippen molar-refractivity contribution in [2.45, 2.75) is 90.0 Å². The lowest BCUT2D eigenvalue weighted by Gasteiger charge is -2.45. The monoisotopic (exact) mass is 329 g/mol. The maximum Gasteiger partial charge on any atom is 0.133 e. The lowest BCUT2D eigenvalue weighted by Crippen LogP contribution is -2.64. The number of hydrogen-bond acceptors (Lipinski definition) is 3. The van der Waals surface area contributed by atoms with Gasteiger partial charge in [0.1, 0.15) is 11.5 Å². The first-order valence-corrected chi connectivity index (χ1v) is 9.41. The molecule has 0 aliphatic carbocycles. The van der Waals surface area contributed by atoms with Gasteiger partial charge in [-0.05, 0) is 33.1 Å². The molecule has 0 atom stereocenters. The Hall–Kier alpha value is -0.610. The van der Waals surface area contributed by atoms with Gasteiger partial charge >= 0.3 is 0 Å². The summed E-state index contributed by atoms with van der Waals surface area (Å²) in [6, 6.07) is 0. The van der Waals surface area contributed by atoms with Gasteiger partial charge in [-0.15, -0.1) is 0 Å². The van der Waals surface area contributed by atoms with Crippen LogP contribution in [-0.2, 0) is 4.79 Å². The largest absolute Gasteiger partial charge is 0.544 e. The molecule has 1 N–H and O–H groups in total. The Bertz CT molecular complexity index is 314. The van der Waals surface area contributed by atoms with E-state index in [1.165, 1.54) is 51.4 Å². The highest BCUT2D eigenvalue weighted by atomic mass is 16.4. The average molecular weight is 330 g/mol. The number of aliphatic carboxylic acids is 1. The van der Waals surface area contributed by atoms with Crippen LogP contribution >= 0.6 is 0 Å². The molecule has 0 aromatic heterocycles. The molecule has 0 heterocycles. The zero-order valence-corrected chi connectivity index (χ0v) is 15.9. The molecule has 0 saturated carbocycles. The summed E-state index contributed by atoms with van der Waals surface area (Å²) in [6.45, 7) is 4.72. The second-order valence-electron chi connectivity index (χ2n) is 7.87. The Labute approximate surface area is 143 Å². The van der Waals surface area contributed by atoms with Crippen molar-refractivity contribution in [1.29, 1.82) is 0 Å². The molecule has 0 unspecified atom stereocenters. The summed E-state index contributed by atoms with van der Waals surface area (Å²) in [5, 5.41) is 19.9. The van der Waals surface area contributed by atoms with Crippen LogP contribution in [-0.4, -0.2) is 48.3 Å². The summed E-state index contributed by atoms with van der Waals surface area (Å²) in [5.41, 5.74) is -0.837. The molecule has 138 valence electrons. The average Bonchev–Trinajstić information content (AvgIpc) is 2.48. The van der Waals surface area contributed by atoms with Crippen LogP contribution in [0.1, 0.15) is 84.5 Å². The topological polar surface area (TPSA) is 60.4 Å². The quantitative estimate of drug-likeness (QED) is 0.371. The lowest BCUT2D eigenvalue weighted by molar-refractivity contribution is -0.930. The Balaban J connectivity index is 3.54. The zero-order valence-electron chi connectivity index (χ0n) is 15.9. The first kappa shape index (κ1) is 22.4. The first-order valence-electron chi connectivity index (χ1n) is 9.41. The van der Waals surface area contributed by atoms with Gasteiger partial charge < -0.3 is 19.5 Å². The number of aliphatic hydroxyl groups is 1. The second-order valence-corrected chi connectivity index (χ2v) is 7.87. The van der Waals surface area contributed by atoms with Crippen molar-refractivity contribution in [2.24, 2.45) is 0 Å². The van der Waals surface area contributed by atoms with Crippen LogP contribution in [0.25, 0.3) is 0 Å². The van der Waals surface area contributed by atoms with E-state index in [4.69, 9.17) is 5.11 Å². The highest BCUT2D eigenvalue weighted by molar-refractivity contribution is 5.73. The number of rotatable bonds is 15. The Kier molecular flexibility index (Phi) is 11.5. The second kappa shape index (κ2) is 11.9. The summed E-state index contributed by atoms with van der Waals surface area (Å²) >= 11 is 0. The standard InChI is InChI=1S/C19H39NO3/c1-19(2,18(22)23)20(3,4)16-14-12-10-8-6-5-7-9-11-13-15-17-21/h21H,5-17H2,1-4H3. The van der Waals surface area contributed by atoms with E-state index in [9.17, 15) is 9.90 Å². The highest BCUT2D eigenvalue weighted by Gasteiger charge is 2.37. The SMILES string of the molecule is CC(C)(C(=O)[O-])[N+](C)(C)CCCCCCCCCCCCCO. The minimum absolute atomic E-state index is 0.329. The van der Waals surface area contributed by atoms with E-state index in [1.54, 1.807) is 13.8 Å². The predicted molar refractivity (Wildman–Crippen MR) is 93.9 cm³/mol. The van der Waals surface area contributed by atoms with Crippen molar-refractivity contribution in [2.75, 3.05) is 27.2 Å². The number of quaternary nitrogens is 1. The van der Waals surface area contributed by atoms with Gasteiger partial charge in [-0.1, -0.05) is 51.4 Å². The Morgan fingerprint density at radius 2 is 1.17 bits per heavy atom. The molecule has 0 amide bonds. The van der Waals surface area contributed by atoms with Crippen LogP contribution in [0, 0.1) is 0 Å². The fraction of sp³-hybridized carbons (Fsp3) is 0.947. The molecule has 0 aromatic carbocycles. The van der Waals surface area contributed by atoms with Gasteiger partial charge in [0.25, 0.3) is 0 Å². The predicted octanol–water partition coefficient (Wildman–Crippen LogP) is 2.87. The maximum atomic E-state index is 11.2. The van der Waals surface area contributed by atoms with E-state index < -0.39 is 11.5 Å². The number of carbonyl (C=O) groups is 1. The van der Waals surface area contributed by atoms with Crippen LogP contribution < -0.4 is 5.11 Å². The van der Waals surface area contributed by atoms with Crippen LogP contribution in [0.15, 0.2) is 0 Å². The normalized spacial score (nSPS) is 12.6. The van der Waals surface area contributed by atoms with Crippen LogP contribution in [0.3, 0.4) is 0 Å². The van der Waals surface area contributed by atoms with Crippen molar-refractivity contribution in [1.82, 2.24) is 0 Å². The minimum atomic E-state index is -0.971. The van der Waals surface area contributed by atoms with E-state index in [2.05, 4.69) is 0 Å². The molecule has 0 saturated heterocycles. The number of carbonyl (C=O) groups excluding carboxylic acids is 1. The van der Waals surface area contributed by atoms with Crippen LogP contribution in [0.5, 0.6) is 0 Å². The number of nitrogens with zero attached hydrogens (tertiary/aromatic N) is 1. The van der Waals surface area contributed by atoms with Gasteiger partial charge in [-0.3, -0.25) is 0 Å². The first-order chi connectivity index (χ1) is 10.8. The molecule has 4 heteroatoms. The third-order valence-electron chi connectivity index (χ3n) is 5.39. The number of hydrogen-bond donors (Lipinski definition) is 1. The van der Waals surface area contributed by atoms with Gasteiger partial charge in [-0.25, -0.2) is 0 Å². The van der Waals surface area contributed by atoms with Crippen molar-refractivity contribution < 1.29 is 19.5 Å². The van der Waals surface area contributed by atoms with Crippen molar-refractivity contribution in [3.8, 4) is 0 Å². The number of unbranched alkanes of at least 4 members (excludes halogenated alkanes) is 10. The van der Waals surface area contributed by atoms with E-state index in [0.29, 0.717) is 11.1 Å². The van der Waals surface area contributed by atoms with Crippen molar-refractivity contribution >= 4 is 5.97 Å². The molecule has 0 aromatic rings. The number of likely N-dealkylation sites (N-methyl/N-ethyl adjacent to an activating group) is 1. The van der Waals surface area contributed by atoms with Gasteiger partial charge in [0.15, 0.2) is 0 Å². The molecular formula is C19H39NO3. The van der Waals surface area contributed by atoms with Gasteiger partial charge in [0, 0.05) is 6.61 Å². The van der Waals surface area contributed by atoms with Gasteiger partial charge in [0.2, 0.25) is 0 Å².